The summed E-state index contributed by atoms with van der Waals surface area (Å²) < 4.78 is 32.6. The van der Waals surface area contributed by atoms with Crippen LogP contribution in [0.1, 0.15) is 5.56 Å². The summed E-state index contributed by atoms with van der Waals surface area (Å²) in [5.41, 5.74) is 2.51. The zero-order valence-electron chi connectivity index (χ0n) is 19.0. The van der Waals surface area contributed by atoms with Gasteiger partial charge in [0.15, 0.2) is 5.03 Å². The van der Waals surface area contributed by atoms with Gasteiger partial charge in [-0.2, -0.15) is 0 Å². The van der Waals surface area contributed by atoms with Crippen LogP contribution in [-0.4, -0.2) is 43.2 Å². The maximum atomic E-state index is 13.5. The van der Waals surface area contributed by atoms with Gasteiger partial charge in [-0.05, 0) is 36.8 Å². The Morgan fingerprint density at radius 3 is 2.51 bits per heavy atom. The van der Waals surface area contributed by atoms with Crippen LogP contribution in [0.4, 0.5) is 5.69 Å². The summed E-state index contributed by atoms with van der Waals surface area (Å²) in [5.74, 6) is 0.989. The number of hydrogen-bond donors (Lipinski definition) is 1. The molecule has 0 aliphatic carbocycles. The molecule has 0 saturated heterocycles. The highest BCUT2D eigenvalue weighted by Crippen LogP contribution is 2.35. The van der Waals surface area contributed by atoms with E-state index in [1.54, 1.807) is 35.2 Å². The van der Waals surface area contributed by atoms with Crippen molar-refractivity contribution in [1.29, 1.82) is 0 Å². The van der Waals surface area contributed by atoms with Gasteiger partial charge >= 0.3 is 0 Å². The average molecular weight is 506 g/mol. The highest BCUT2D eigenvalue weighted by Gasteiger charge is 2.28. The lowest BCUT2D eigenvalue weighted by Gasteiger charge is -2.29. The van der Waals surface area contributed by atoms with Gasteiger partial charge in [0, 0.05) is 5.56 Å². The number of aromatic nitrogens is 2. The largest absolute Gasteiger partial charge is 0.490 e. The first-order valence-corrected chi connectivity index (χ1v) is 13.5. The van der Waals surface area contributed by atoms with Crippen molar-refractivity contribution in [1.82, 2.24) is 9.97 Å². The number of fused-ring (bicyclic) bond motifs is 1. The minimum absolute atomic E-state index is 0.0152. The number of H-pyrrole nitrogens is 1. The molecule has 178 valence electrons. The lowest BCUT2D eigenvalue weighted by Crippen LogP contribution is -2.39. The number of thioether (sulfide) groups is 1. The Bertz CT molecular complexity index is 1470. The normalized spacial score (nSPS) is 13.2. The summed E-state index contributed by atoms with van der Waals surface area (Å²) in [6.45, 7) is 2.79. The zero-order chi connectivity index (χ0) is 24.4. The number of aromatic amines is 1. The molecule has 0 saturated carbocycles. The Kier molecular flexibility index (Phi) is 6.36. The van der Waals surface area contributed by atoms with Crippen molar-refractivity contribution >= 4 is 33.2 Å². The molecule has 0 atom stereocenters. The maximum Gasteiger partial charge on any atom is 0.237 e. The fourth-order valence-electron chi connectivity index (χ4n) is 3.87. The number of anilines is 1. The molecule has 2 heterocycles. The fourth-order valence-corrected chi connectivity index (χ4v) is 6.38. The predicted octanol–water partition coefficient (Wildman–Crippen LogP) is 4.74. The van der Waals surface area contributed by atoms with Crippen molar-refractivity contribution in [2.75, 3.05) is 23.8 Å². The number of sulfone groups is 1. The van der Waals surface area contributed by atoms with Gasteiger partial charge in [-0.1, -0.05) is 66.4 Å². The Morgan fingerprint density at radius 1 is 1.06 bits per heavy atom. The van der Waals surface area contributed by atoms with Gasteiger partial charge < -0.3 is 14.6 Å². The Hall–Kier alpha value is -3.56. The van der Waals surface area contributed by atoms with E-state index < -0.39 is 9.84 Å². The third-order valence-corrected chi connectivity index (χ3v) is 8.44. The average Bonchev–Trinajstić information content (AvgIpc) is 3.33. The Morgan fingerprint density at radius 2 is 1.77 bits per heavy atom. The van der Waals surface area contributed by atoms with Crippen molar-refractivity contribution in [3.8, 4) is 17.1 Å². The second-order valence-electron chi connectivity index (χ2n) is 8.06. The number of carbonyl (C=O) groups excluding carboxylic acids is 1. The minimum Gasteiger partial charge on any atom is -0.490 e. The van der Waals surface area contributed by atoms with E-state index in [-0.39, 0.29) is 26.6 Å². The van der Waals surface area contributed by atoms with Gasteiger partial charge in [0.1, 0.15) is 23.2 Å². The lowest BCUT2D eigenvalue weighted by atomic mass is 10.1. The van der Waals surface area contributed by atoms with E-state index in [2.05, 4.69) is 9.97 Å². The molecule has 0 spiro atoms. The molecule has 1 amide bonds. The van der Waals surface area contributed by atoms with Gasteiger partial charge in [-0.15, -0.1) is 0 Å². The van der Waals surface area contributed by atoms with Gasteiger partial charge in [0.05, 0.1) is 22.9 Å². The van der Waals surface area contributed by atoms with Crippen molar-refractivity contribution in [2.24, 2.45) is 0 Å². The molecule has 7 nitrogen and oxygen atoms in total. The molecule has 0 radical (unpaired) electrons. The number of nitrogens with zero attached hydrogens (tertiary/aromatic N) is 2. The van der Waals surface area contributed by atoms with Crippen LogP contribution in [0.15, 0.2) is 93.8 Å². The number of nitrogens with one attached hydrogen (secondary N) is 1. The first-order chi connectivity index (χ1) is 16.9. The van der Waals surface area contributed by atoms with Crippen molar-refractivity contribution in [2.45, 2.75) is 21.9 Å². The third-order valence-electron chi connectivity index (χ3n) is 5.62. The first-order valence-electron chi connectivity index (χ1n) is 11.1. The number of aryl methyl sites for hydroxylation is 1. The number of hydrogen-bond acceptors (Lipinski definition) is 6. The number of imidazole rings is 1. The molecule has 1 aliphatic rings. The lowest BCUT2D eigenvalue weighted by molar-refractivity contribution is -0.116. The van der Waals surface area contributed by atoms with Crippen LogP contribution in [0.3, 0.4) is 0 Å². The number of carbonyl (C=O) groups is 1. The Labute approximate surface area is 208 Å². The topological polar surface area (TPSA) is 92.4 Å². The zero-order valence-corrected chi connectivity index (χ0v) is 20.6. The molecule has 9 heteroatoms. The summed E-state index contributed by atoms with van der Waals surface area (Å²) in [5, 5.41) is 0.248. The molecule has 4 aromatic rings. The van der Waals surface area contributed by atoms with Gasteiger partial charge in [0.2, 0.25) is 15.7 Å². The van der Waals surface area contributed by atoms with Gasteiger partial charge in [0.25, 0.3) is 0 Å². The molecule has 0 bridgehead atoms. The number of benzene rings is 3. The maximum absolute atomic E-state index is 13.5. The van der Waals surface area contributed by atoms with Crippen LogP contribution < -0.4 is 9.64 Å². The molecule has 3 aromatic carbocycles. The second-order valence-corrected chi connectivity index (χ2v) is 10.9. The van der Waals surface area contributed by atoms with E-state index in [1.165, 1.54) is 0 Å². The third kappa shape index (κ3) is 4.69. The van der Waals surface area contributed by atoms with E-state index in [1.807, 2.05) is 55.5 Å². The van der Waals surface area contributed by atoms with E-state index in [9.17, 15) is 13.2 Å². The summed E-state index contributed by atoms with van der Waals surface area (Å²) in [4.78, 5) is 22.6. The first kappa shape index (κ1) is 23.2. The smallest absolute Gasteiger partial charge is 0.237 e. The molecule has 35 heavy (non-hydrogen) atoms. The van der Waals surface area contributed by atoms with Crippen molar-refractivity contribution < 1.29 is 17.9 Å². The SMILES string of the molecule is Cc1ccc2c(c1)N(C(=O)CSc1nc(-c3ccccc3)[nH]c1S(=O)(=O)c1ccccc1)CCO2. The van der Waals surface area contributed by atoms with Crippen LogP contribution in [0.5, 0.6) is 5.75 Å². The second kappa shape index (κ2) is 9.59. The van der Waals surface area contributed by atoms with Crippen LogP contribution >= 0.6 is 11.8 Å². The molecule has 0 unspecified atom stereocenters. The molecule has 1 N–H and O–H groups in total. The predicted molar refractivity (Wildman–Crippen MR) is 136 cm³/mol. The van der Waals surface area contributed by atoms with E-state index >= 15 is 0 Å². The summed E-state index contributed by atoms with van der Waals surface area (Å²) in [7, 11) is -3.87. The van der Waals surface area contributed by atoms with Crippen molar-refractivity contribution in [3.05, 3.63) is 84.4 Å². The number of rotatable bonds is 6. The van der Waals surface area contributed by atoms with E-state index in [4.69, 9.17) is 4.74 Å². The molecule has 5 rings (SSSR count). The number of amides is 1. The Balaban J connectivity index is 1.46. The molecular formula is C26H23N3O4S2. The van der Waals surface area contributed by atoms with E-state index in [0.29, 0.717) is 24.7 Å². The standard InChI is InChI=1S/C26H23N3O4S2/c1-18-12-13-22-21(16-18)29(14-15-33-22)23(30)17-34-25-26(35(31,32)20-10-6-3-7-11-20)28-24(27-25)19-8-4-2-5-9-19/h2-13,16H,14-15,17H2,1H3,(H,27,28). The molecular weight excluding hydrogens is 482 g/mol. The summed E-state index contributed by atoms with van der Waals surface area (Å²) in [6.07, 6.45) is 0. The van der Waals surface area contributed by atoms with Gasteiger partial charge in [-0.3, -0.25) is 4.79 Å². The molecule has 0 fully saturated rings. The highest BCUT2D eigenvalue weighted by molar-refractivity contribution is 8.00. The van der Waals surface area contributed by atoms with Crippen LogP contribution in [-0.2, 0) is 14.6 Å². The number of ether oxygens (including phenoxy) is 1. The van der Waals surface area contributed by atoms with Crippen LogP contribution in [0.25, 0.3) is 11.4 Å². The van der Waals surface area contributed by atoms with Crippen LogP contribution in [0, 0.1) is 6.92 Å². The fraction of sp³-hybridized carbons (Fsp3) is 0.154. The quantitative estimate of drug-likeness (QED) is 0.381. The summed E-state index contributed by atoms with van der Waals surface area (Å²) in [6, 6.07) is 23.2. The summed E-state index contributed by atoms with van der Waals surface area (Å²) >= 11 is 1.11. The van der Waals surface area contributed by atoms with Crippen molar-refractivity contribution in [3.63, 3.8) is 0 Å². The molecule has 1 aliphatic heterocycles. The van der Waals surface area contributed by atoms with Gasteiger partial charge in [-0.25, -0.2) is 13.4 Å². The minimum atomic E-state index is -3.87. The van der Waals surface area contributed by atoms with E-state index in [0.717, 1.165) is 28.6 Å². The monoisotopic (exact) mass is 505 g/mol. The van der Waals surface area contributed by atoms with Crippen LogP contribution in [0.2, 0.25) is 0 Å². The highest BCUT2D eigenvalue weighted by atomic mass is 32.2. The molecule has 1 aromatic heterocycles.